The largest absolute Gasteiger partial charge is 0.381 e. The number of benzene rings is 1. The maximum Gasteiger partial charge on any atom is 0.240 e. The molecule has 0 saturated heterocycles. The molecule has 1 aromatic carbocycles. The summed E-state index contributed by atoms with van der Waals surface area (Å²) in [5, 5.41) is 0. The number of hydrogen-bond donors (Lipinski definition) is 1. The minimum absolute atomic E-state index is 0.000804. The van der Waals surface area contributed by atoms with Crippen LogP contribution in [0.3, 0.4) is 0 Å². The van der Waals surface area contributed by atoms with Crippen molar-refractivity contribution < 1.29 is 9.53 Å². The third-order valence-electron chi connectivity index (χ3n) is 4.77. The maximum absolute atomic E-state index is 13.1. The Morgan fingerprint density at radius 2 is 2.27 bits per heavy atom. The lowest BCUT2D eigenvalue weighted by molar-refractivity contribution is -0.135. The van der Waals surface area contributed by atoms with Gasteiger partial charge in [0.1, 0.15) is 0 Å². The van der Waals surface area contributed by atoms with Crippen molar-refractivity contribution in [2.24, 2.45) is 10.7 Å². The van der Waals surface area contributed by atoms with E-state index in [9.17, 15) is 4.79 Å². The summed E-state index contributed by atoms with van der Waals surface area (Å²) in [6.07, 6.45) is 2.16. The smallest absolute Gasteiger partial charge is 0.240 e. The fourth-order valence-electron chi connectivity index (χ4n) is 3.47. The van der Waals surface area contributed by atoms with Crippen molar-refractivity contribution in [3.63, 3.8) is 0 Å². The average Bonchev–Trinajstić information content (AvgIpc) is 2.54. The van der Waals surface area contributed by atoms with Crippen LogP contribution in [0.4, 0.5) is 0 Å². The van der Waals surface area contributed by atoms with Gasteiger partial charge in [0.05, 0.1) is 11.5 Å². The van der Waals surface area contributed by atoms with Crippen LogP contribution in [0.1, 0.15) is 24.0 Å². The zero-order valence-electron chi connectivity index (χ0n) is 12.8. The van der Waals surface area contributed by atoms with Crippen LogP contribution in [0.25, 0.3) is 0 Å². The van der Waals surface area contributed by atoms with Gasteiger partial charge in [0.25, 0.3) is 0 Å². The van der Waals surface area contributed by atoms with Crippen molar-refractivity contribution in [1.29, 1.82) is 0 Å². The van der Waals surface area contributed by atoms with Crippen molar-refractivity contribution in [3.05, 3.63) is 33.8 Å². The van der Waals surface area contributed by atoms with E-state index in [1.807, 2.05) is 12.1 Å². The van der Waals surface area contributed by atoms with Crippen molar-refractivity contribution >= 4 is 27.8 Å². The molecule has 0 aromatic heterocycles. The van der Waals surface area contributed by atoms with E-state index in [4.69, 9.17) is 10.5 Å². The molecule has 2 aliphatic rings. The van der Waals surface area contributed by atoms with E-state index in [0.717, 1.165) is 22.9 Å². The minimum Gasteiger partial charge on any atom is -0.381 e. The van der Waals surface area contributed by atoms with Gasteiger partial charge in [-0.25, -0.2) is 0 Å². The van der Waals surface area contributed by atoms with Crippen molar-refractivity contribution in [1.82, 2.24) is 4.90 Å². The molecule has 0 fully saturated rings. The molecule has 2 atom stereocenters. The number of likely N-dealkylation sites (N-methyl/N-ethyl adjacent to an activating group) is 1. The Bertz CT molecular complexity index is 646. The molecule has 2 unspecified atom stereocenters. The number of nitrogens with zero attached hydrogens (tertiary/aromatic N) is 2. The van der Waals surface area contributed by atoms with Gasteiger partial charge < -0.3 is 10.5 Å². The topological polar surface area (TPSA) is 67.9 Å². The van der Waals surface area contributed by atoms with Crippen LogP contribution in [-0.4, -0.2) is 43.6 Å². The summed E-state index contributed by atoms with van der Waals surface area (Å²) in [7, 11) is 3.39. The maximum atomic E-state index is 13.1. The summed E-state index contributed by atoms with van der Waals surface area (Å²) in [5.41, 5.74) is 7.69. The third kappa shape index (κ3) is 2.34. The molecule has 5 nitrogen and oxygen atoms in total. The minimum atomic E-state index is -0.557. The molecule has 3 rings (SSSR count). The number of methoxy groups -OCH3 is 1. The molecule has 1 aromatic rings. The molecule has 0 bridgehead atoms. The predicted molar refractivity (Wildman–Crippen MR) is 88.8 cm³/mol. The molecule has 0 radical (unpaired) electrons. The van der Waals surface area contributed by atoms with E-state index in [1.165, 1.54) is 10.5 Å². The highest BCUT2D eigenvalue weighted by atomic mass is 79.9. The predicted octanol–water partition coefficient (Wildman–Crippen LogP) is 1.82. The number of amides is 1. The second-order valence-corrected chi connectivity index (χ2v) is 6.93. The molecule has 1 aliphatic heterocycles. The van der Waals surface area contributed by atoms with Gasteiger partial charge in [-0.2, -0.15) is 0 Å². The van der Waals surface area contributed by atoms with Crippen LogP contribution in [-0.2, 0) is 21.4 Å². The molecule has 118 valence electrons. The van der Waals surface area contributed by atoms with E-state index in [2.05, 4.69) is 27.0 Å². The van der Waals surface area contributed by atoms with E-state index in [-0.39, 0.29) is 18.0 Å². The second-order valence-electron chi connectivity index (χ2n) is 6.01. The molecule has 1 spiro atoms. The quantitative estimate of drug-likeness (QED) is 0.825. The molecular formula is C16H20BrN3O2. The van der Waals surface area contributed by atoms with Crippen molar-refractivity contribution in [3.8, 4) is 0 Å². The SMILES string of the molecule is COC1CC/N=C(/N)N(C)C(=O)C2(Cc3ccc(Br)cc32)C1. The van der Waals surface area contributed by atoms with Crippen LogP contribution in [0.15, 0.2) is 27.7 Å². The Morgan fingerprint density at radius 1 is 1.50 bits per heavy atom. The molecule has 0 saturated carbocycles. The Hall–Kier alpha value is -1.40. The summed E-state index contributed by atoms with van der Waals surface area (Å²) < 4.78 is 6.57. The summed E-state index contributed by atoms with van der Waals surface area (Å²) in [4.78, 5) is 18.9. The molecule has 1 amide bonds. The molecule has 22 heavy (non-hydrogen) atoms. The third-order valence-corrected chi connectivity index (χ3v) is 5.26. The lowest BCUT2D eigenvalue weighted by atomic mass is 9.60. The van der Waals surface area contributed by atoms with Crippen molar-refractivity contribution in [2.75, 3.05) is 20.7 Å². The Kier molecular flexibility index (Phi) is 3.99. The van der Waals surface area contributed by atoms with Gasteiger partial charge >= 0.3 is 0 Å². The molecule has 1 heterocycles. The van der Waals surface area contributed by atoms with Gasteiger partial charge in [0, 0.05) is 25.2 Å². The average molecular weight is 366 g/mol. The van der Waals surface area contributed by atoms with Gasteiger partial charge in [-0.15, -0.1) is 0 Å². The zero-order chi connectivity index (χ0) is 15.9. The fraction of sp³-hybridized carbons (Fsp3) is 0.500. The van der Waals surface area contributed by atoms with Gasteiger partial charge in [-0.1, -0.05) is 22.0 Å². The van der Waals surface area contributed by atoms with Crippen molar-refractivity contribution in [2.45, 2.75) is 30.8 Å². The number of aliphatic imine (C=N–C) groups is 1. The Morgan fingerprint density at radius 3 is 3.00 bits per heavy atom. The monoisotopic (exact) mass is 365 g/mol. The number of fused-ring (bicyclic) bond motifs is 2. The number of halogens is 1. The summed E-state index contributed by atoms with van der Waals surface area (Å²) in [6, 6.07) is 6.13. The van der Waals surface area contributed by atoms with E-state index < -0.39 is 5.41 Å². The summed E-state index contributed by atoms with van der Waals surface area (Å²) in [5.74, 6) is 0.285. The standard InChI is InChI=1S/C16H20BrN3O2/c1-20-14(21)16(8-10-3-4-11(17)7-13(10)16)9-12(22-2)5-6-19-15(20)18/h3-4,7,12H,5-6,8-9H2,1-2H3,(H2,18,19). The lowest BCUT2D eigenvalue weighted by Gasteiger charge is -2.45. The highest BCUT2D eigenvalue weighted by Crippen LogP contribution is 2.47. The number of carbonyl (C=O) groups is 1. The molecular weight excluding hydrogens is 346 g/mol. The highest BCUT2D eigenvalue weighted by molar-refractivity contribution is 9.10. The van der Waals surface area contributed by atoms with Gasteiger partial charge in [0.15, 0.2) is 5.96 Å². The lowest BCUT2D eigenvalue weighted by Crippen LogP contribution is -2.56. The van der Waals surface area contributed by atoms with E-state index in [0.29, 0.717) is 13.0 Å². The van der Waals surface area contributed by atoms with Crippen LogP contribution in [0.2, 0.25) is 0 Å². The second kappa shape index (κ2) is 5.66. The highest BCUT2D eigenvalue weighted by Gasteiger charge is 2.52. The van der Waals surface area contributed by atoms with Gasteiger partial charge in [-0.3, -0.25) is 14.7 Å². The molecule has 6 heteroatoms. The number of rotatable bonds is 1. The van der Waals surface area contributed by atoms with Crippen LogP contribution in [0.5, 0.6) is 0 Å². The first-order valence-electron chi connectivity index (χ1n) is 7.38. The number of carbonyl (C=O) groups excluding carboxylic acids is 1. The first kappa shape index (κ1) is 15.5. The van der Waals surface area contributed by atoms with E-state index >= 15 is 0 Å². The summed E-state index contributed by atoms with van der Waals surface area (Å²) >= 11 is 3.51. The van der Waals surface area contributed by atoms with Crippen LogP contribution >= 0.6 is 15.9 Å². The fourth-order valence-corrected chi connectivity index (χ4v) is 3.83. The van der Waals surface area contributed by atoms with Crippen LogP contribution in [0, 0.1) is 0 Å². The molecule has 1 aliphatic carbocycles. The van der Waals surface area contributed by atoms with Gasteiger partial charge in [0.2, 0.25) is 5.91 Å². The normalized spacial score (nSPS) is 30.7. The first-order valence-corrected chi connectivity index (χ1v) is 8.17. The number of ether oxygens (including phenoxy) is 1. The Balaban J connectivity index is 2.06. The van der Waals surface area contributed by atoms with Gasteiger partial charge in [-0.05, 0) is 42.5 Å². The van der Waals surface area contributed by atoms with Crippen LogP contribution < -0.4 is 5.73 Å². The number of guanidine groups is 1. The number of hydrogen-bond acceptors (Lipinski definition) is 4. The first-order chi connectivity index (χ1) is 10.5. The molecule has 2 N–H and O–H groups in total. The Labute approximate surface area is 138 Å². The zero-order valence-corrected chi connectivity index (χ0v) is 14.4. The van der Waals surface area contributed by atoms with E-state index in [1.54, 1.807) is 14.2 Å². The number of nitrogens with two attached hydrogens (primary N) is 1. The summed E-state index contributed by atoms with van der Waals surface area (Å²) in [6.45, 7) is 0.573.